The molecule has 1 unspecified atom stereocenters. The molecule has 4 nitrogen and oxygen atoms in total. The minimum atomic E-state index is -4.61. The number of hydrogen-bond acceptors (Lipinski definition) is 3. The van der Waals surface area contributed by atoms with Gasteiger partial charge in [-0.05, 0) is 19.8 Å². The zero-order valence-electron chi connectivity index (χ0n) is 8.93. The van der Waals surface area contributed by atoms with Crippen LogP contribution in [0, 0.1) is 0 Å². The lowest BCUT2D eigenvalue weighted by atomic mass is 10.3. The van der Waals surface area contributed by atoms with Crippen LogP contribution in [0.3, 0.4) is 0 Å². The molecule has 0 aromatic rings. The zero-order chi connectivity index (χ0) is 12.2. The van der Waals surface area contributed by atoms with E-state index in [2.05, 4.69) is 15.4 Å². The van der Waals surface area contributed by atoms with E-state index in [-0.39, 0.29) is 18.5 Å². The van der Waals surface area contributed by atoms with Crippen molar-refractivity contribution < 1.29 is 22.7 Å². The molecule has 0 aliphatic heterocycles. The summed E-state index contributed by atoms with van der Waals surface area (Å²) < 4.78 is 38.3. The normalized spacial score (nSPS) is 18.2. The summed E-state index contributed by atoms with van der Waals surface area (Å²) in [6.07, 6.45) is -2.65. The maximum Gasteiger partial charge on any atom is 0.522 e. The summed E-state index contributed by atoms with van der Waals surface area (Å²) in [5.41, 5.74) is 0. The van der Waals surface area contributed by atoms with Crippen molar-refractivity contribution in [3.63, 3.8) is 0 Å². The van der Waals surface area contributed by atoms with E-state index in [1.807, 2.05) is 0 Å². The predicted octanol–water partition coefficient (Wildman–Crippen LogP) is 0.779. The highest BCUT2D eigenvalue weighted by Gasteiger charge is 2.29. The van der Waals surface area contributed by atoms with E-state index < -0.39 is 19.0 Å². The maximum absolute atomic E-state index is 11.6. The molecule has 1 rings (SSSR count). The second-order valence-corrected chi connectivity index (χ2v) is 3.75. The Balaban J connectivity index is 2.04. The van der Waals surface area contributed by atoms with Crippen molar-refractivity contribution in [1.29, 1.82) is 0 Å². The molecule has 0 saturated heterocycles. The van der Waals surface area contributed by atoms with Crippen molar-refractivity contribution in [2.75, 3.05) is 13.2 Å². The minimum absolute atomic E-state index is 0.0151. The molecule has 1 atom stereocenters. The van der Waals surface area contributed by atoms with Gasteiger partial charge in [0.05, 0.1) is 12.6 Å². The van der Waals surface area contributed by atoms with Crippen LogP contribution in [0.1, 0.15) is 19.8 Å². The van der Waals surface area contributed by atoms with Crippen LogP contribution in [0.5, 0.6) is 0 Å². The third-order valence-corrected chi connectivity index (χ3v) is 2.14. The van der Waals surface area contributed by atoms with Crippen LogP contribution < -0.4 is 10.6 Å². The number of carbonyl (C=O) groups excluding carboxylic acids is 1. The number of carbonyl (C=O) groups is 1. The summed E-state index contributed by atoms with van der Waals surface area (Å²) >= 11 is 0. The number of rotatable bonds is 6. The molecule has 2 N–H and O–H groups in total. The largest absolute Gasteiger partial charge is 0.522 e. The quantitative estimate of drug-likeness (QED) is 0.674. The van der Waals surface area contributed by atoms with Crippen molar-refractivity contribution in [3.05, 3.63) is 0 Å². The van der Waals surface area contributed by atoms with Gasteiger partial charge in [0.1, 0.15) is 0 Å². The maximum atomic E-state index is 11.6. The molecule has 0 radical (unpaired) electrons. The van der Waals surface area contributed by atoms with E-state index in [1.165, 1.54) is 0 Å². The third-order valence-electron chi connectivity index (χ3n) is 2.14. The van der Waals surface area contributed by atoms with Crippen LogP contribution in [0.4, 0.5) is 13.2 Å². The van der Waals surface area contributed by atoms with Crippen LogP contribution in [-0.2, 0) is 9.53 Å². The fourth-order valence-corrected chi connectivity index (χ4v) is 1.09. The van der Waals surface area contributed by atoms with Crippen LogP contribution in [0.25, 0.3) is 0 Å². The summed E-state index contributed by atoms with van der Waals surface area (Å²) in [5.74, 6) is -0.186. The van der Waals surface area contributed by atoms with Gasteiger partial charge in [0, 0.05) is 12.6 Å². The van der Waals surface area contributed by atoms with Gasteiger partial charge in [-0.15, -0.1) is 13.2 Å². The lowest BCUT2D eigenvalue weighted by Gasteiger charge is -2.14. The average Bonchev–Trinajstić information content (AvgIpc) is 2.94. The van der Waals surface area contributed by atoms with Crippen molar-refractivity contribution >= 4 is 5.91 Å². The van der Waals surface area contributed by atoms with Gasteiger partial charge in [0.15, 0.2) is 0 Å². The SMILES string of the molecule is CC(NCCOC(F)(F)F)C(=O)NC1CC1. The first-order valence-electron chi connectivity index (χ1n) is 5.13. The molecule has 0 aromatic heterocycles. The van der Waals surface area contributed by atoms with Gasteiger partial charge in [0.25, 0.3) is 0 Å². The lowest BCUT2D eigenvalue weighted by Crippen LogP contribution is -2.44. The molecule has 0 aromatic carbocycles. The smallest absolute Gasteiger partial charge is 0.352 e. The van der Waals surface area contributed by atoms with Crippen LogP contribution in [-0.4, -0.2) is 37.5 Å². The number of nitrogens with one attached hydrogen (secondary N) is 2. The molecule has 0 heterocycles. The van der Waals surface area contributed by atoms with E-state index in [0.29, 0.717) is 0 Å². The number of amides is 1. The van der Waals surface area contributed by atoms with E-state index in [9.17, 15) is 18.0 Å². The summed E-state index contributed by atoms with van der Waals surface area (Å²) in [5, 5.41) is 5.40. The Bertz CT molecular complexity index is 241. The monoisotopic (exact) mass is 240 g/mol. The number of ether oxygens (including phenoxy) is 1. The molecule has 1 amide bonds. The second kappa shape index (κ2) is 5.49. The van der Waals surface area contributed by atoms with Crippen molar-refractivity contribution in [1.82, 2.24) is 10.6 Å². The fraction of sp³-hybridized carbons (Fsp3) is 0.889. The van der Waals surface area contributed by atoms with Crippen LogP contribution in [0.15, 0.2) is 0 Å². The summed E-state index contributed by atoms with van der Waals surface area (Å²) in [4.78, 5) is 11.3. The van der Waals surface area contributed by atoms with Gasteiger partial charge in [0.2, 0.25) is 5.91 Å². The number of halogens is 3. The Morgan fingerprint density at radius 3 is 2.62 bits per heavy atom. The van der Waals surface area contributed by atoms with Gasteiger partial charge in [-0.3, -0.25) is 9.53 Å². The van der Waals surface area contributed by atoms with Gasteiger partial charge >= 0.3 is 6.36 Å². The van der Waals surface area contributed by atoms with Gasteiger partial charge in [-0.2, -0.15) is 0 Å². The highest BCUT2D eigenvalue weighted by molar-refractivity contribution is 5.81. The molecular weight excluding hydrogens is 225 g/mol. The standard InChI is InChI=1S/C9H15F3N2O2/c1-6(8(15)14-7-2-3-7)13-4-5-16-9(10,11)12/h6-7,13H,2-5H2,1H3,(H,14,15). The highest BCUT2D eigenvalue weighted by Crippen LogP contribution is 2.18. The molecule has 1 aliphatic rings. The van der Waals surface area contributed by atoms with Crippen molar-refractivity contribution in [3.8, 4) is 0 Å². The highest BCUT2D eigenvalue weighted by atomic mass is 19.4. The van der Waals surface area contributed by atoms with Crippen LogP contribution in [0.2, 0.25) is 0 Å². The Morgan fingerprint density at radius 2 is 2.12 bits per heavy atom. The van der Waals surface area contributed by atoms with E-state index in [4.69, 9.17) is 0 Å². The molecule has 7 heteroatoms. The predicted molar refractivity (Wildman–Crippen MR) is 50.6 cm³/mol. The third kappa shape index (κ3) is 5.92. The van der Waals surface area contributed by atoms with E-state index in [0.717, 1.165) is 12.8 Å². The molecule has 0 bridgehead atoms. The fourth-order valence-electron chi connectivity index (χ4n) is 1.09. The first-order chi connectivity index (χ1) is 7.38. The Hall–Kier alpha value is -0.820. The summed E-state index contributed by atoms with van der Waals surface area (Å²) in [7, 11) is 0. The van der Waals surface area contributed by atoms with Crippen molar-refractivity contribution in [2.45, 2.75) is 38.2 Å². The second-order valence-electron chi connectivity index (χ2n) is 3.75. The van der Waals surface area contributed by atoms with Crippen LogP contribution >= 0.6 is 0 Å². The number of hydrogen-bond donors (Lipinski definition) is 2. The molecule has 0 spiro atoms. The van der Waals surface area contributed by atoms with E-state index >= 15 is 0 Å². The molecule has 1 fully saturated rings. The van der Waals surface area contributed by atoms with Crippen molar-refractivity contribution in [2.24, 2.45) is 0 Å². The average molecular weight is 240 g/mol. The molecule has 1 saturated carbocycles. The molecular formula is C9H15F3N2O2. The summed E-state index contributed by atoms with van der Waals surface area (Å²) in [6, 6.07) is -0.249. The molecule has 16 heavy (non-hydrogen) atoms. The topological polar surface area (TPSA) is 50.4 Å². The first kappa shape index (κ1) is 13.2. The minimum Gasteiger partial charge on any atom is -0.352 e. The first-order valence-corrected chi connectivity index (χ1v) is 5.13. The lowest BCUT2D eigenvalue weighted by molar-refractivity contribution is -0.323. The van der Waals surface area contributed by atoms with E-state index in [1.54, 1.807) is 6.92 Å². The molecule has 94 valence electrons. The van der Waals surface area contributed by atoms with Gasteiger partial charge in [-0.1, -0.05) is 0 Å². The zero-order valence-corrected chi connectivity index (χ0v) is 8.93. The Kier molecular flexibility index (Phi) is 4.55. The van der Waals surface area contributed by atoms with Gasteiger partial charge in [-0.25, -0.2) is 0 Å². The summed E-state index contributed by atoms with van der Waals surface area (Å²) in [6.45, 7) is 1.09. The Labute approximate surface area is 91.5 Å². The van der Waals surface area contributed by atoms with Gasteiger partial charge < -0.3 is 10.6 Å². The molecule has 1 aliphatic carbocycles. The number of alkyl halides is 3. The Morgan fingerprint density at radius 1 is 1.50 bits per heavy atom.